The van der Waals surface area contributed by atoms with E-state index in [9.17, 15) is 4.79 Å². The second-order valence-electron chi connectivity index (χ2n) is 7.24. The SMILES string of the molecule is Cc1ccc(CCCC(=O)NCC(c2ccc3c(c2)OCO3)N(C)C)cc1. The summed E-state index contributed by atoms with van der Waals surface area (Å²) < 4.78 is 10.8. The summed E-state index contributed by atoms with van der Waals surface area (Å²) in [6, 6.07) is 14.5. The Hall–Kier alpha value is -2.53. The zero-order chi connectivity index (χ0) is 19.2. The minimum atomic E-state index is 0.0838. The standard InChI is InChI=1S/C22H28N2O3/c1-16-7-9-17(10-8-16)5-4-6-22(25)23-14-19(24(2)3)18-11-12-20-21(13-18)27-15-26-20/h7-13,19H,4-6,14-15H2,1-3H3,(H,23,25). The van der Waals surface area contributed by atoms with E-state index in [1.807, 2.05) is 32.3 Å². The quantitative estimate of drug-likeness (QED) is 0.775. The fourth-order valence-electron chi connectivity index (χ4n) is 3.23. The highest BCUT2D eigenvalue weighted by atomic mass is 16.7. The van der Waals surface area contributed by atoms with Gasteiger partial charge in [-0.2, -0.15) is 0 Å². The van der Waals surface area contributed by atoms with Gasteiger partial charge in [-0.3, -0.25) is 4.79 Å². The van der Waals surface area contributed by atoms with Gasteiger partial charge in [0.15, 0.2) is 11.5 Å². The minimum Gasteiger partial charge on any atom is -0.454 e. The van der Waals surface area contributed by atoms with Gasteiger partial charge in [-0.25, -0.2) is 0 Å². The second-order valence-corrected chi connectivity index (χ2v) is 7.24. The molecule has 0 fully saturated rings. The number of rotatable bonds is 8. The molecule has 5 heteroatoms. The van der Waals surface area contributed by atoms with E-state index in [1.54, 1.807) is 0 Å². The number of amides is 1. The van der Waals surface area contributed by atoms with Crippen LogP contribution in [-0.2, 0) is 11.2 Å². The molecular formula is C22H28N2O3. The van der Waals surface area contributed by atoms with E-state index < -0.39 is 0 Å². The highest BCUT2D eigenvalue weighted by molar-refractivity contribution is 5.75. The summed E-state index contributed by atoms with van der Waals surface area (Å²) in [4.78, 5) is 14.4. The predicted molar refractivity (Wildman–Crippen MR) is 106 cm³/mol. The van der Waals surface area contributed by atoms with Crippen LogP contribution in [-0.4, -0.2) is 38.2 Å². The molecule has 1 heterocycles. The summed E-state index contributed by atoms with van der Waals surface area (Å²) in [7, 11) is 4.03. The number of hydrogen-bond acceptors (Lipinski definition) is 4. The van der Waals surface area contributed by atoms with Crippen molar-refractivity contribution < 1.29 is 14.3 Å². The Balaban J connectivity index is 1.48. The Labute approximate surface area is 161 Å². The van der Waals surface area contributed by atoms with Crippen molar-refractivity contribution >= 4 is 5.91 Å². The molecule has 0 saturated heterocycles. The average molecular weight is 368 g/mol. The fourth-order valence-corrected chi connectivity index (χ4v) is 3.23. The van der Waals surface area contributed by atoms with Gasteiger partial charge < -0.3 is 19.7 Å². The van der Waals surface area contributed by atoms with Gasteiger partial charge in [-0.05, 0) is 57.1 Å². The molecule has 3 rings (SSSR count). The molecule has 0 radical (unpaired) electrons. The van der Waals surface area contributed by atoms with E-state index in [-0.39, 0.29) is 18.7 Å². The normalized spacial score (nSPS) is 13.6. The number of nitrogens with zero attached hydrogens (tertiary/aromatic N) is 1. The summed E-state index contributed by atoms with van der Waals surface area (Å²) in [6.07, 6.45) is 2.31. The molecule has 2 aromatic rings. The van der Waals surface area contributed by atoms with Gasteiger partial charge >= 0.3 is 0 Å². The Morgan fingerprint density at radius 3 is 2.59 bits per heavy atom. The van der Waals surface area contributed by atoms with Gasteiger partial charge in [-0.15, -0.1) is 0 Å². The Morgan fingerprint density at radius 1 is 1.11 bits per heavy atom. The molecule has 1 atom stereocenters. The molecule has 0 aliphatic carbocycles. The van der Waals surface area contributed by atoms with E-state index >= 15 is 0 Å². The average Bonchev–Trinajstić information content (AvgIpc) is 3.11. The smallest absolute Gasteiger partial charge is 0.231 e. The maximum atomic E-state index is 12.3. The topological polar surface area (TPSA) is 50.8 Å². The Morgan fingerprint density at radius 2 is 1.85 bits per heavy atom. The number of nitrogens with one attached hydrogen (secondary N) is 1. The lowest BCUT2D eigenvalue weighted by atomic mass is 10.0. The predicted octanol–water partition coefficient (Wildman–Crippen LogP) is 3.47. The highest BCUT2D eigenvalue weighted by Gasteiger charge is 2.20. The maximum Gasteiger partial charge on any atom is 0.231 e. The molecule has 1 unspecified atom stereocenters. The van der Waals surface area contributed by atoms with E-state index in [0.717, 1.165) is 29.9 Å². The third kappa shape index (κ3) is 5.23. The molecule has 1 aliphatic heterocycles. The van der Waals surface area contributed by atoms with Crippen LogP contribution in [0, 0.1) is 6.92 Å². The third-order valence-corrected chi connectivity index (χ3v) is 4.89. The Kier molecular flexibility index (Phi) is 6.35. The number of carbonyl (C=O) groups excluding carboxylic acids is 1. The molecule has 1 N–H and O–H groups in total. The molecule has 0 spiro atoms. The van der Waals surface area contributed by atoms with Crippen molar-refractivity contribution in [1.29, 1.82) is 0 Å². The number of aryl methyl sites for hydroxylation is 2. The van der Waals surface area contributed by atoms with Crippen molar-refractivity contribution in [2.24, 2.45) is 0 Å². The first-order chi connectivity index (χ1) is 13.0. The first kappa shape index (κ1) is 19.2. The number of ether oxygens (including phenoxy) is 2. The van der Waals surface area contributed by atoms with E-state index in [2.05, 4.69) is 41.4 Å². The van der Waals surface area contributed by atoms with Crippen molar-refractivity contribution in [3.8, 4) is 11.5 Å². The fraction of sp³-hybridized carbons (Fsp3) is 0.409. The third-order valence-electron chi connectivity index (χ3n) is 4.89. The molecule has 0 bridgehead atoms. The van der Waals surface area contributed by atoms with Crippen molar-refractivity contribution in [2.45, 2.75) is 32.2 Å². The van der Waals surface area contributed by atoms with Gasteiger partial charge in [0.1, 0.15) is 0 Å². The lowest BCUT2D eigenvalue weighted by Gasteiger charge is -2.25. The summed E-state index contributed by atoms with van der Waals surface area (Å²) in [5.41, 5.74) is 3.64. The van der Waals surface area contributed by atoms with Crippen LogP contribution in [0.2, 0.25) is 0 Å². The highest BCUT2D eigenvalue weighted by Crippen LogP contribution is 2.34. The molecular weight excluding hydrogens is 340 g/mol. The molecule has 1 aliphatic rings. The Bertz CT molecular complexity index is 772. The van der Waals surface area contributed by atoms with Crippen molar-refractivity contribution in [3.63, 3.8) is 0 Å². The van der Waals surface area contributed by atoms with Crippen molar-refractivity contribution in [1.82, 2.24) is 10.2 Å². The first-order valence-electron chi connectivity index (χ1n) is 9.41. The van der Waals surface area contributed by atoms with Crippen LogP contribution in [0.15, 0.2) is 42.5 Å². The zero-order valence-electron chi connectivity index (χ0n) is 16.3. The van der Waals surface area contributed by atoms with E-state index in [4.69, 9.17) is 9.47 Å². The molecule has 2 aromatic carbocycles. The minimum absolute atomic E-state index is 0.0838. The first-order valence-corrected chi connectivity index (χ1v) is 9.41. The van der Waals surface area contributed by atoms with E-state index in [0.29, 0.717) is 13.0 Å². The summed E-state index contributed by atoms with van der Waals surface area (Å²) in [5, 5.41) is 3.07. The van der Waals surface area contributed by atoms with Gasteiger partial charge in [0.2, 0.25) is 12.7 Å². The van der Waals surface area contributed by atoms with Crippen molar-refractivity contribution in [2.75, 3.05) is 27.4 Å². The molecule has 1 amide bonds. The van der Waals surface area contributed by atoms with Crippen molar-refractivity contribution in [3.05, 3.63) is 59.2 Å². The van der Waals surface area contributed by atoms with Crippen LogP contribution in [0.4, 0.5) is 0 Å². The molecule has 0 aromatic heterocycles. The van der Waals surface area contributed by atoms with Gasteiger partial charge in [-0.1, -0.05) is 35.9 Å². The molecule has 0 saturated carbocycles. The van der Waals surface area contributed by atoms with Gasteiger partial charge in [0.25, 0.3) is 0 Å². The van der Waals surface area contributed by atoms with Gasteiger partial charge in [0, 0.05) is 13.0 Å². The maximum absolute atomic E-state index is 12.3. The number of carbonyl (C=O) groups is 1. The molecule has 5 nitrogen and oxygen atoms in total. The van der Waals surface area contributed by atoms with Crippen LogP contribution in [0.3, 0.4) is 0 Å². The van der Waals surface area contributed by atoms with Crippen LogP contribution < -0.4 is 14.8 Å². The lowest BCUT2D eigenvalue weighted by molar-refractivity contribution is -0.121. The van der Waals surface area contributed by atoms with Gasteiger partial charge in [0.05, 0.1) is 6.04 Å². The summed E-state index contributed by atoms with van der Waals surface area (Å²) in [6.45, 7) is 2.91. The number of fused-ring (bicyclic) bond motifs is 1. The number of hydrogen-bond donors (Lipinski definition) is 1. The lowest BCUT2D eigenvalue weighted by Crippen LogP contribution is -2.34. The zero-order valence-corrected chi connectivity index (χ0v) is 16.3. The molecule has 144 valence electrons. The van der Waals surface area contributed by atoms with Crippen LogP contribution in [0.25, 0.3) is 0 Å². The number of likely N-dealkylation sites (N-methyl/N-ethyl adjacent to an activating group) is 1. The summed E-state index contributed by atoms with van der Waals surface area (Å²) in [5.74, 6) is 1.63. The van der Waals surface area contributed by atoms with Crippen LogP contribution in [0.5, 0.6) is 11.5 Å². The van der Waals surface area contributed by atoms with E-state index in [1.165, 1.54) is 11.1 Å². The van der Waals surface area contributed by atoms with Crippen LogP contribution in [0.1, 0.15) is 35.6 Å². The largest absolute Gasteiger partial charge is 0.454 e. The number of benzene rings is 2. The summed E-state index contributed by atoms with van der Waals surface area (Å²) >= 11 is 0. The van der Waals surface area contributed by atoms with Crippen LogP contribution >= 0.6 is 0 Å². The second kappa shape index (κ2) is 8.91. The molecule has 27 heavy (non-hydrogen) atoms. The monoisotopic (exact) mass is 368 g/mol.